The number of sulfone groups is 1. The van der Waals surface area contributed by atoms with Gasteiger partial charge in [0.1, 0.15) is 5.66 Å². The quantitative estimate of drug-likeness (QED) is 0.782. The van der Waals surface area contributed by atoms with E-state index in [-0.39, 0.29) is 16.1 Å². The van der Waals surface area contributed by atoms with Crippen molar-refractivity contribution in [3.63, 3.8) is 0 Å². The number of benzene rings is 1. The van der Waals surface area contributed by atoms with Gasteiger partial charge in [0.2, 0.25) is 26.1 Å². The van der Waals surface area contributed by atoms with Gasteiger partial charge in [0.15, 0.2) is 0 Å². The maximum absolute atomic E-state index is 12.4. The van der Waals surface area contributed by atoms with Crippen LogP contribution in [-0.4, -0.2) is 36.7 Å². The van der Waals surface area contributed by atoms with Crippen LogP contribution in [-0.2, 0) is 9.84 Å². The Morgan fingerprint density at radius 3 is 2.68 bits per heavy atom. The van der Waals surface area contributed by atoms with Gasteiger partial charge in [-0.15, -0.1) is 11.3 Å². The van der Waals surface area contributed by atoms with Crippen LogP contribution in [0.5, 0.6) is 0 Å². The van der Waals surface area contributed by atoms with Gasteiger partial charge < -0.3 is 11.5 Å². The lowest BCUT2D eigenvalue weighted by Crippen LogP contribution is -2.58. The second-order valence-corrected chi connectivity index (χ2v) is 10.6. The summed E-state index contributed by atoms with van der Waals surface area (Å²) >= 11 is 1.19. The lowest BCUT2D eigenvalue weighted by Gasteiger charge is -2.45. The predicted molar refractivity (Wildman–Crippen MR) is 114 cm³/mol. The molecule has 1 aromatic heterocycles. The average molecular weight is 421 g/mol. The lowest BCUT2D eigenvalue weighted by atomic mass is 9.87. The molecule has 1 fully saturated rings. The Bertz CT molecular complexity index is 1070. The molecular weight excluding hydrogens is 396 g/mol. The number of aromatic nitrogens is 1. The van der Waals surface area contributed by atoms with Gasteiger partial charge in [0.25, 0.3) is 0 Å². The van der Waals surface area contributed by atoms with Crippen LogP contribution in [0.2, 0.25) is 0 Å². The molecule has 0 amide bonds. The van der Waals surface area contributed by atoms with Crippen molar-refractivity contribution in [2.75, 3.05) is 10.7 Å². The Kier molecular flexibility index (Phi) is 4.78. The highest BCUT2D eigenvalue weighted by Crippen LogP contribution is 2.40. The molecule has 2 aromatic rings. The Morgan fingerprint density at radius 1 is 1.21 bits per heavy atom. The number of rotatable bonds is 4. The van der Waals surface area contributed by atoms with Gasteiger partial charge in [-0.2, -0.15) is 4.99 Å². The molecule has 1 spiro atoms. The number of thiazole rings is 1. The Labute approximate surface area is 168 Å². The van der Waals surface area contributed by atoms with E-state index in [1.165, 1.54) is 11.3 Å². The number of nitrogens with two attached hydrogens (primary N) is 2. The van der Waals surface area contributed by atoms with Crippen LogP contribution in [0.15, 0.2) is 32.5 Å². The Morgan fingerprint density at radius 2 is 1.96 bits per heavy atom. The zero-order chi connectivity index (χ0) is 19.9. The fourth-order valence-electron chi connectivity index (χ4n) is 4.02. The molecule has 1 saturated carbocycles. The van der Waals surface area contributed by atoms with Crippen LogP contribution in [0.1, 0.15) is 45.4 Å². The number of nitrogens with zero attached hydrogens (tertiary/aromatic N) is 4. The molecule has 1 aromatic carbocycles. The Balaban J connectivity index is 1.78. The number of hydrogen-bond acceptors (Lipinski definition) is 9. The van der Waals surface area contributed by atoms with Crippen molar-refractivity contribution in [1.29, 1.82) is 0 Å². The van der Waals surface area contributed by atoms with Crippen LogP contribution in [0.3, 0.4) is 0 Å². The molecule has 0 unspecified atom stereocenters. The van der Waals surface area contributed by atoms with E-state index in [0.29, 0.717) is 17.9 Å². The van der Waals surface area contributed by atoms with Gasteiger partial charge in [-0.25, -0.2) is 18.4 Å². The average Bonchev–Trinajstić information content (AvgIpc) is 3.06. The summed E-state index contributed by atoms with van der Waals surface area (Å²) in [6, 6.07) is 5.65. The van der Waals surface area contributed by atoms with Crippen molar-refractivity contribution >= 4 is 49.0 Å². The first-order chi connectivity index (χ1) is 13.3. The molecule has 150 valence electrons. The molecule has 10 heteroatoms. The third-order valence-corrected chi connectivity index (χ3v) is 8.59. The van der Waals surface area contributed by atoms with E-state index in [1.807, 2.05) is 30.0 Å². The molecule has 0 bridgehead atoms. The van der Waals surface area contributed by atoms with E-state index in [9.17, 15) is 8.42 Å². The van der Waals surface area contributed by atoms with Crippen molar-refractivity contribution in [1.82, 2.24) is 4.98 Å². The van der Waals surface area contributed by atoms with E-state index in [4.69, 9.17) is 11.5 Å². The highest BCUT2D eigenvalue weighted by atomic mass is 32.2. The number of guanidine groups is 2. The van der Waals surface area contributed by atoms with Gasteiger partial charge in [0.05, 0.1) is 16.0 Å². The zero-order valence-electron chi connectivity index (χ0n) is 15.8. The fraction of sp³-hybridized carbons (Fsp3) is 0.500. The fourth-order valence-corrected chi connectivity index (χ4v) is 6.72. The lowest BCUT2D eigenvalue weighted by molar-refractivity contribution is 0.305. The zero-order valence-corrected chi connectivity index (χ0v) is 17.4. The highest BCUT2D eigenvalue weighted by molar-refractivity contribution is 7.93. The van der Waals surface area contributed by atoms with Crippen molar-refractivity contribution in [3.8, 4) is 0 Å². The summed E-state index contributed by atoms with van der Waals surface area (Å²) in [6.07, 6.45) is 5.51. The monoisotopic (exact) mass is 420 g/mol. The summed E-state index contributed by atoms with van der Waals surface area (Å²) in [5, 5.41) is 0. The van der Waals surface area contributed by atoms with Crippen LogP contribution >= 0.6 is 11.3 Å². The minimum atomic E-state index is -3.35. The van der Waals surface area contributed by atoms with E-state index >= 15 is 0 Å². The SMILES string of the molecule is CCCS(=O)(=O)c1nc2ccc(N3C(N)=NC(N)=NC34CCCCC4)cc2s1. The first kappa shape index (κ1) is 19.1. The summed E-state index contributed by atoms with van der Waals surface area (Å²) in [5.74, 6) is 0.627. The molecule has 0 atom stereocenters. The molecule has 2 heterocycles. The third-order valence-electron chi connectivity index (χ3n) is 5.20. The largest absolute Gasteiger partial charge is 0.369 e. The summed E-state index contributed by atoms with van der Waals surface area (Å²) in [4.78, 5) is 15.1. The maximum atomic E-state index is 12.4. The topological polar surface area (TPSA) is 127 Å². The van der Waals surface area contributed by atoms with E-state index in [1.54, 1.807) is 0 Å². The van der Waals surface area contributed by atoms with Gasteiger partial charge in [-0.05, 0) is 50.3 Å². The standard InChI is InChI=1S/C18H24N6O2S2/c1-2-10-28(25,26)17-21-13-7-6-12(11-14(13)27-17)24-16(20)22-15(19)23-18(24)8-4-3-5-9-18/h6-7,11H,2-5,8-10H2,1H3,(H4,19,20,22,23). The smallest absolute Gasteiger partial charge is 0.220 e. The minimum Gasteiger partial charge on any atom is -0.369 e. The maximum Gasteiger partial charge on any atom is 0.220 e. The summed E-state index contributed by atoms with van der Waals surface area (Å²) in [7, 11) is -3.35. The molecule has 4 rings (SSSR count). The van der Waals surface area contributed by atoms with Crippen molar-refractivity contribution in [2.24, 2.45) is 21.5 Å². The number of fused-ring (bicyclic) bond motifs is 1. The second-order valence-electron chi connectivity index (χ2n) is 7.27. The molecular formula is C18H24N6O2S2. The van der Waals surface area contributed by atoms with Gasteiger partial charge >= 0.3 is 0 Å². The summed E-state index contributed by atoms with van der Waals surface area (Å²) in [6.45, 7) is 1.84. The second kappa shape index (κ2) is 7.00. The van der Waals surface area contributed by atoms with Crippen LogP contribution in [0.25, 0.3) is 10.2 Å². The highest BCUT2D eigenvalue weighted by Gasteiger charge is 2.42. The molecule has 0 saturated heterocycles. The third kappa shape index (κ3) is 3.24. The Hall–Kier alpha value is -2.20. The molecule has 8 nitrogen and oxygen atoms in total. The molecule has 1 aliphatic carbocycles. The van der Waals surface area contributed by atoms with Crippen LogP contribution in [0.4, 0.5) is 5.69 Å². The predicted octanol–water partition coefficient (Wildman–Crippen LogP) is 2.59. The number of anilines is 1. The van der Waals surface area contributed by atoms with Crippen molar-refractivity contribution in [3.05, 3.63) is 18.2 Å². The van der Waals surface area contributed by atoms with Gasteiger partial charge in [0, 0.05) is 5.69 Å². The van der Waals surface area contributed by atoms with Gasteiger partial charge in [-0.3, -0.25) is 4.90 Å². The van der Waals surface area contributed by atoms with Crippen molar-refractivity contribution < 1.29 is 8.42 Å². The van der Waals surface area contributed by atoms with Crippen molar-refractivity contribution in [2.45, 2.75) is 55.5 Å². The number of aliphatic imine (C=N–C) groups is 2. The molecule has 2 aliphatic rings. The number of hydrogen-bond donors (Lipinski definition) is 2. The minimum absolute atomic E-state index is 0.0997. The van der Waals surface area contributed by atoms with E-state index < -0.39 is 15.5 Å². The molecule has 0 radical (unpaired) electrons. The molecule has 4 N–H and O–H groups in total. The van der Waals surface area contributed by atoms with Gasteiger partial charge in [-0.1, -0.05) is 13.3 Å². The van der Waals surface area contributed by atoms with Crippen LogP contribution in [0, 0.1) is 0 Å². The first-order valence-corrected chi connectivity index (χ1v) is 11.9. The summed E-state index contributed by atoms with van der Waals surface area (Å²) in [5.41, 5.74) is 13.2. The normalized spacial score (nSPS) is 19.7. The van der Waals surface area contributed by atoms with E-state index in [0.717, 1.165) is 42.5 Å². The van der Waals surface area contributed by atoms with Crippen LogP contribution < -0.4 is 16.4 Å². The first-order valence-electron chi connectivity index (χ1n) is 9.48. The molecule has 28 heavy (non-hydrogen) atoms. The van der Waals surface area contributed by atoms with E-state index in [2.05, 4.69) is 15.0 Å². The molecule has 1 aliphatic heterocycles. The summed E-state index contributed by atoms with van der Waals surface area (Å²) < 4.78 is 25.7.